The van der Waals surface area contributed by atoms with Crippen LogP contribution in [0, 0.1) is 11.3 Å². The molecule has 0 radical (unpaired) electrons. The normalized spacial score (nSPS) is 14.2. The Bertz CT molecular complexity index is 442. The van der Waals surface area contributed by atoms with Gasteiger partial charge in [-0.05, 0) is 25.7 Å². The van der Waals surface area contributed by atoms with Crippen LogP contribution in [0.25, 0.3) is 0 Å². The van der Waals surface area contributed by atoms with Crippen molar-refractivity contribution >= 4 is 11.9 Å². The van der Waals surface area contributed by atoms with E-state index in [0.29, 0.717) is 11.3 Å². The Balaban J connectivity index is 2.83. The number of carbonyl (C=O) groups excluding carboxylic acids is 1. The molecule has 0 aliphatic heterocycles. The zero-order chi connectivity index (χ0) is 14.8. The monoisotopic (exact) mass is 269 g/mol. The highest BCUT2D eigenvalue weighted by atomic mass is 16.5. The van der Waals surface area contributed by atoms with Gasteiger partial charge in [0.2, 0.25) is 5.91 Å². The number of nitrogens with zero attached hydrogens (tertiary/aromatic N) is 3. The van der Waals surface area contributed by atoms with E-state index in [2.05, 4.69) is 36.2 Å². The fraction of sp³-hybridized carbons (Fsp3) is 0.750. The fourth-order valence-corrected chi connectivity index (χ4v) is 1.82. The summed E-state index contributed by atoms with van der Waals surface area (Å²) in [5.74, 6) is -0.553. The number of hydrogen-bond acceptors (Lipinski definition) is 5. The first-order chi connectivity index (χ1) is 8.49. The molecule has 0 aliphatic rings. The molecule has 7 nitrogen and oxygen atoms in total. The average Bonchev–Trinajstić information content (AvgIpc) is 2.57. The second-order valence-corrected chi connectivity index (χ2v) is 6.62. The lowest BCUT2D eigenvalue weighted by Gasteiger charge is -2.34. The quantitative estimate of drug-likeness (QED) is 0.713. The summed E-state index contributed by atoms with van der Waals surface area (Å²) in [6.07, 6.45) is 1.74. The van der Waals surface area contributed by atoms with Gasteiger partial charge >= 0.3 is 0 Å². The SMILES string of the molecule is CC(C)(C)CC(C(=O)Nc1ncn(O)n1)C(C)(C)N. The molecule has 1 heterocycles. The van der Waals surface area contributed by atoms with Gasteiger partial charge in [-0.2, -0.15) is 4.98 Å². The van der Waals surface area contributed by atoms with E-state index >= 15 is 0 Å². The second kappa shape index (κ2) is 5.16. The van der Waals surface area contributed by atoms with Gasteiger partial charge in [-0.1, -0.05) is 30.7 Å². The van der Waals surface area contributed by atoms with Crippen LogP contribution in [0.2, 0.25) is 0 Å². The van der Waals surface area contributed by atoms with Gasteiger partial charge in [-0.25, -0.2) is 0 Å². The predicted molar refractivity (Wildman–Crippen MR) is 71.7 cm³/mol. The number of amides is 1. The molecule has 4 N–H and O–H groups in total. The highest BCUT2D eigenvalue weighted by Gasteiger charge is 2.35. The molecule has 0 spiro atoms. The number of rotatable bonds is 4. The number of nitrogens with one attached hydrogen (secondary N) is 1. The van der Waals surface area contributed by atoms with Crippen molar-refractivity contribution in [3.63, 3.8) is 0 Å². The molecule has 1 aromatic rings. The fourth-order valence-electron chi connectivity index (χ4n) is 1.82. The predicted octanol–water partition coefficient (Wildman–Crippen LogP) is 1.24. The van der Waals surface area contributed by atoms with Gasteiger partial charge in [0, 0.05) is 5.54 Å². The van der Waals surface area contributed by atoms with E-state index < -0.39 is 5.54 Å². The van der Waals surface area contributed by atoms with E-state index in [9.17, 15) is 4.79 Å². The van der Waals surface area contributed by atoms with Gasteiger partial charge in [0.05, 0.1) is 5.92 Å². The molecule has 1 unspecified atom stereocenters. The standard InChI is InChI=1S/C12H23N5O2/c1-11(2,3)6-8(12(4,5)13)9(18)15-10-14-7-17(19)16-10/h7-8,19H,6,13H2,1-5H3,(H,15,16,18). The molecule has 1 amide bonds. The summed E-state index contributed by atoms with van der Waals surface area (Å²) in [6.45, 7) is 9.81. The third-order valence-corrected chi connectivity index (χ3v) is 2.75. The van der Waals surface area contributed by atoms with E-state index in [4.69, 9.17) is 10.9 Å². The molecule has 1 aromatic heterocycles. The third-order valence-electron chi connectivity index (χ3n) is 2.75. The van der Waals surface area contributed by atoms with Gasteiger partial charge in [-0.15, -0.1) is 0 Å². The number of anilines is 1. The minimum Gasteiger partial charge on any atom is -0.410 e. The van der Waals surface area contributed by atoms with Crippen molar-refractivity contribution in [3.8, 4) is 0 Å². The average molecular weight is 269 g/mol. The molecule has 0 bridgehead atoms. The second-order valence-electron chi connectivity index (χ2n) is 6.62. The maximum atomic E-state index is 12.3. The maximum Gasteiger partial charge on any atom is 0.252 e. The van der Waals surface area contributed by atoms with Crippen LogP contribution < -0.4 is 11.1 Å². The van der Waals surface area contributed by atoms with E-state index in [1.165, 1.54) is 0 Å². The smallest absolute Gasteiger partial charge is 0.252 e. The van der Waals surface area contributed by atoms with Gasteiger partial charge < -0.3 is 10.9 Å². The number of carbonyl (C=O) groups is 1. The van der Waals surface area contributed by atoms with Crippen molar-refractivity contribution in [3.05, 3.63) is 6.33 Å². The Morgan fingerprint density at radius 2 is 2.05 bits per heavy atom. The summed E-state index contributed by atoms with van der Waals surface area (Å²) < 4.78 is 0. The molecule has 1 atom stereocenters. The molecule has 108 valence electrons. The van der Waals surface area contributed by atoms with E-state index in [0.717, 1.165) is 6.33 Å². The zero-order valence-electron chi connectivity index (χ0n) is 12.1. The lowest BCUT2D eigenvalue weighted by Crippen LogP contribution is -2.48. The summed E-state index contributed by atoms with van der Waals surface area (Å²) in [6, 6.07) is 0. The number of hydrogen-bond donors (Lipinski definition) is 3. The van der Waals surface area contributed by atoms with Crippen LogP contribution in [-0.4, -0.2) is 31.6 Å². The Morgan fingerprint density at radius 3 is 2.42 bits per heavy atom. The van der Waals surface area contributed by atoms with Crippen molar-refractivity contribution in [2.24, 2.45) is 17.1 Å². The van der Waals surface area contributed by atoms with E-state index in [1.807, 2.05) is 13.8 Å². The van der Waals surface area contributed by atoms with Crippen LogP contribution >= 0.6 is 0 Å². The van der Waals surface area contributed by atoms with Crippen LogP contribution in [0.15, 0.2) is 6.33 Å². The van der Waals surface area contributed by atoms with Crippen molar-refractivity contribution in [2.75, 3.05) is 5.32 Å². The Labute approximate surface area is 113 Å². The first kappa shape index (κ1) is 15.4. The van der Waals surface area contributed by atoms with Crippen LogP contribution in [0.5, 0.6) is 0 Å². The Kier molecular flexibility index (Phi) is 4.19. The zero-order valence-corrected chi connectivity index (χ0v) is 12.1. The Hall–Kier alpha value is -1.63. The summed E-state index contributed by atoms with van der Waals surface area (Å²) in [5, 5.41) is 15.2. The molecule has 7 heteroatoms. The van der Waals surface area contributed by atoms with Crippen molar-refractivity contribution in [1.82, 2.24) is 14.9 Å². The van der Waals surface area contributed by atoms with Crippen molar-refractivity contribution in [1.29, 1.82) is 0 Å². The number of nitrogens with two attached hydrogens (primary N) is 1. The molecule has 0 aromatic carbocycles. The minimum absolute atomic E-state index is 0.0254. The molecule has 0 fully saturated rings. The van der Waals surface area contributed by atoms with Gasteiger partial charge in [0.25, 0.3) is 5.95 Å². The topological polar surface area (TPSA) is 106 Å². The summed E-state index contributed by atoms with van der Waals surface area (Å²) in [5.41, 5.74) is 5.41. The first-order valence-corrected chi connectivity index (χ1v) is 6.20. The molecule has 0 aliphatic carbocycles. The maximum absolute atomic E-state index is 12.3. The molecular formula is C12H23N5O2. The summed E-state index contributed by atoms with van der Waals surface area (Å²) in [7, 11) is 0. The largest absolute Gasteiger partial charge is 0.410 e. The Morgan fingerprint density at radius 1 is 1.47 bits per heavy atom. The van der Waals surface area contributed by atoms with Gasteiger partial charge in [-0.3, -0.25) is 10.1 Å². The molecule has 0 saturated heterocycles. The molecule has 19 heavy (non-hydrogen) atoms. The third kappa shape index (κ3) is 4.86. The summed E-state index contributed by atoms with van der Waals surface area (Å²) >= 11 is 0. The lowest BCUT2D eigenvalue weighted by molar-refractivity contribution is -0.122. The van der Waals surface area contributed by atoms with Crippen LogP contribution in [-0.2, 0) is 4.79 Å². The first-order valence-electron chi connectivity index (χ1n) is 6.20. The minimum atomic E-state index is -0.654. The highest BCUT2D eigenvalue weighted by Crippen LogP contribution is 2.30. The van der Waals surface area contributed by atoms with Gasteiger partial charge in [0.1, 0.15) is 0 Å². The van der Waals surface area contributed by atoms with Gasteiger partial charge in [0.15, 0.2) is 6.33 Å². The van der Waals surface area contributed by atoms with Crippen molar-refractivity contribution < 1.29 is 10.0 Å². The van der Waals surface area contributed by atoms with Crippen LogP contribution in [0.1, 0.15) is 41.0 Å². The van der Waals surface area contributed by atoms with Crippen LogP contribution in [0.3, 0.4) is 0 Å². The molecule has 0 saturated carbocycles. The van der Waals surface area contributed by atoms with Crippen LogP contribution in [0.4, 0.5) is 5.95 Å². The number of aromatic nitrogens is 3. The summed E-state index contributed by atoms with van der Waals surface area (Å²) in [4.78, 5) is 16.6. The van der Waals surface area contributed by atoms with Crippen molar-refractivity contribution in [2.45, 2.75) is 46.6 Å². The van der Waals surface area contributed by atoms with E-state index in [-0.39, 0.29) is 23.2 Å². The molecule has 1 rings (SSSR count). The van der Waals surface area contributed by atoms with E-state index in [1.54, 1.807) is 0 Å². The molecular weight excluding hydrogens is 246 g/mol. The lowest BCUT2D eigenvalue weighted by atomic mass is 9.76. The highest BCUT2D eigenvalue weighted by molar-refractivity contribution is 5.91.